The Hall–Kier alpha value is -1.42. The molecule has 0 unspecified atom stereocenters. The second kappa shape index (κ2) is 6.50. The summed E-state index contributed by atoms with van der Waals surface area (Å²) in [4.78, 5) is 16.0. The summed E-state index contributed by atoms with van der Waals surface area (Å²) in [5.41, 5.74) is 7.72. The van der Waals surface area contributed by atoms with Gasteiger partial charge in [0.05, 0.1) is 6.42 Å². The Bertz CT molecular complexity index is 383. The van der Waals surface area contributed by atoms with Gasteiger partial charge >= 0.3 is 0 Å². The number of nitrogens with zero attached hydrogens (tertiary/aromatic N) is 1. The summed E-state index contributed by atoms with van der Waals surface area (Å²) in [5, 5.41) is 2.90. The number of rotatable bonds is 6. The van der Waals surface area contributed by atoms with E-state index in [9.17, 15) is 4.79 Å². The zero-order valence-corrected chi connectivity index (χ0v) is 11.5. The molecule has 0 fully saturated rings. The Morgan fingerprint density at radius 1 is 1.39 bits per heavy atom. The molecular weight excluding hydrogens is 226 g/mol. The molecule has 0 aliphatic rings. The number of amides is 1. The highest BCUT2D eigenvalue weighted by atomic mass is 16.1. The summed E-state index contributed by atoms with van der Waals surface area (Å²) in [6, 6.07) is 3.84. The molecule has 1 aromatic rings. The van der Waals surface area contributed by atoms with Crippen molar-refractivity contribution in [1.29, 1.82) is 0 Å². The summed E-state index contributed by atoms with van der Waals surface area (Å²) >= 11 is 0. The summed E-state index contributed by atoms with van der Waals surface area (Å²) in [6.45, 7) is 6.53. The molecule has 0 aromatic carbocycles. The van der Waals surface area contributed by atoms with Crippen LogP contribution in [0.4, 0.5) is 0 Å². The highest BCUT2D eigenvalue weighted by Crippen LogP contribution is 2.09. The molecule has 1 rings (SSSR count). The fourth-order valence-electron chi connectivity index (χ4n) is 1.63. The van der Waals surface area contributed by atoms with Gasteiger partial charge in [-0.3, -0.25) is 9.78 Å². The standard InChI is InChI=1S/C14H23N3O/c1-4-14(15,5-2)10-17-13(18)8-12-7-6-11(3)16-9-12/h6-7,9H,4-5,8,10,15H2,1-3H3,(H,17,18). The number of hydrogen-bond acceptors (Lipinski definition) is 3. The number of aromatic nitrogens is 1. The number of carbonyl (C=O) groups is 1. The van der Waals surface area contributed by atoms with Crippen molar-refractivity contribution < 1.29 is 4.79 Å². The van der Waals surface area contributed by atoms with Gasteiger partial charge in [-0.15, -0.1) is 0 Å². The van der Waals surface area contributed by atoms with Crippen LogP contribution >= 0.6 is 0 Å². The van der Waals surface area contributed by atoms with Gasteiger partial charge in [-0.25, -0.2) is 0 Å². The quantitative estimate of drug-likeness (QED) is 0.804. The van der Waals surface area contributed by atoms with Gasteiger partial charge in [0.15, 0.2) is 0 Å². The maximum absolute atomic E-state index is 11.8. The van der Waals surface area contributed by atoms with Crippen molar-refractivity contribution in [2.75, 3.05) is 6.54 Å². The molecule has 0 atom stereocenters. The van der Waals surface area contributed by atoms with Crippen molar-refractivity contribution in [3.63, 3.8) is 0 Å². The topological polar surface area (TPSA) is 68.0 Å². The number of hydrogen-bond donors (Lipinski definition) is 2. The van der Waals surface area contributed by atoms with Crippen molar-refractivity contribution in [1.82, 2.24) is 10.3 Å². The van der Waals surface area contributed by atoms with Crippen LogP contribution in [0.3, 0.4) is 0 Å². The first-order chi connectivity index (χ1) is 8.49. The molecule has 1 aromatic heterocycles. The maximum atomic E-state index is 11.8. The van der Waals surface area contributed by atoms with Crippen molar-refractivity contribution in [3.8, 4) is 0 Å². The highest BCUT2D eigenvalue weighted by Gasteiger charge is 2.20. The summed E-state index contributed by atoms with van der Waals surface area (Å²) in [6.07, 6.45) is 3.81. The minimum atomic E-state index is -0.290. The number of carbonyl (C=O) groups excluding carboxylic acids is 1. The Morgan fingerprint density at radius 3 is 2.56 bits per heavy atom. The summed E-state index contributed by atoms with van der Waals surface area (Å²) < 4.78 is 0. The van der Waals surface area contributed by atoms with Crippen molar-refractivity contribution in [3.05, 3.63) is 29.6 Å². The van der Waals surface area contributed by atoms with Crippen molar-refractivity contribution in [2.45, 2.75) is 45.6 Å². The van der Waals surface area contributed by atoms with Crippen LogP contribution < -0.4 is 11.1 Å². The van der Waals surface area contributed by atoms with Crippen LogP contribution in [0.2, 0.25) is 0 Å². The number of pyridine rings is 1. The molecule has 0 bridgehead atoms. The van der Waals surface area contributed by atoms with Crippen molar-refractivity contribution >= 4 is 5.91 Å². The van der Waals surface area contributed by atoms with Crippen LogP contribution in [0.25, 0.3) is 0 Å². The van der Waals surface area contributed by atoms with Crippen LogP contribution in [0.1, 0.15) is 37.9 Å². The molecular formula is C14H23N3O. The lowest BCUT2D eigenvalue weighted by molar-refractivity contribution is -0.120. The summed E-state index contributed by atoms with van der Waals surface area (Å²) in [7, 11) is 0. The largest absolute Gasteiger partial charge is 0.354 e. The Kier molecular flexibility index (Phi) is 5.28. The lowest BCUT2D eigenvalue weighted by Gasteiger charge is -2.26. The lowest BCUT2D eigenvalue weighted by Crippen LogP contribution is -2.49. The Balaban J connectivity index is 2.45. The van der Waals surface area contributed by atoms with Gasteiger partial charge in [-0.2, -0.15) is 0 Å². The smallest absolute Gasteiger partial charge is 0.224 e. The first kappa shape index (κ1) is 14.6. The third-order valence-electron chi connectivity index (χ3n) is 3.38. The third kappa shape index (κ3) is 4.45. The van der Waals surface area contributed by atoms with E-state index in [2.05, 4.69) is 10.3 Å². The summed E-state index contributed by atoms with van der Waals surface area (Å²) in [5.74, 6) is -0.00243. The van der Waals surface area contributed by atoms with Crippen LogP contribution in [0, 0.1) is 6.92 Å². The van der Waals surface area contributed by atoms with Gasteiger partial charge in [0, 0.05) is 24.0 Å². The molecule has 0 saturated carbocycles. The zero-order chi connectivity index (χ0) is 13.6. The SMILES string of the molecule is CCC(N)(CC)CNC(=O)Cc1ccc(C)nc1. The zero-order valence-electron chi connectivity index (χ0n) is 11.5. The fraction of sp³-hybridized carbons (Fsp3) is 0.571. The van der Waals surface area contributed by atoms with Gasteiger partial charge in [0.25, 0.3) is 0 Å². The molecule has 1 amide bonds. The highest BCUT2D eigenvalue weighted by molar-refractivity contribution is 5.78. The van der Waals surface area contributed by atoms with Gasteiger partial charge in [0.1, 0.15) is 0 Å². The molecule has 0 saturated heterocycles. The second-order valence-electron chi connectivity index (χ2n) is 4.83. The van der Waals surface area contributed by atoms with E-state index in [1.807, 2.05) is 32.9 Å². The van der Waals surface area contributed by atoms with E-state index < -0.39 is 0 Å². The van der Waals surface area contributed by atoms with Crippen molar-refractivity contribution in [2.24, 2.45) is 5.73 Å². The molecule has 3 N–H and O–H groups in total. The first-order valence-electron chi connectivity index (χ1n) is 6.46. The number of aryl methyl sites for hydroxylation is 1. The molecule has 0 aliphatic carbocycles. The fourth-order valence-corrected chi connectivity index (χ4v) is 1.63. The predicted molar refractivity (Wildman–Crippen MR) is 73.2 cm³/mol. The minimum Gasteiger partial charge on any atom is -0.354 e. The molecule has 0 radical (unpaired) electrons. The molecule has 4 heteroatoms. The van der Waals surface area contributed by atoms with Gasteiger partial charge in [-0.05, 0) is 31.4 Å². The second-order valence-corrected chi connectivity index (χ2v) is 4.83. The van der Waals surface area contributed by atoms with Gasteiger partial charge in [-0.1, -0.05) is 19.9 Å². The molecule has 0 aliphatic heterocycles. The van der Waals surface area contributed by atoms with E-state index in [1.165, 1.54) is 0 Å². The third-order valence-corrected chi connectivity index (χ3v) is 3.38. The molecule has 1 heterocycles. The van der Waals surface area contributed by atoms with E-state index in [0.717, 1.165) is 24.1 Å². The maximum Gasteiger partial charge on any atom is 0.224 e. The normalized spacial score (nSPS) is 11.3. The van der Waals surface area contributed by atoms with E-state index in [4.69, 9.17) is 5.73 Å². The predicted octanol–water partition coefficient (Wildman–Crippen LogP) is 1.57. The van der Waals surface area contributed by atoms with Gasteiger partial charge in [0.2, 0.25) is 5.91 Å². The molecule has 0 spiro atoms. The minimum absolute atomic E-state index is 0.00243. The number of nitrogens with two attached hydrogens (primary N) is 1. The van der Waals surface area contributed by atoms with Gasteiger partial charge < -0.3 is 11.1 Å². The van der Waals surface area contributed by atoms with E-state index >= 15 is 0 Å². The number of nitrogens with one attached hydrogen (secondary N) is 1. The van der Waals surface area contributed by atoms with Crippen LogP contribution in [0.5, 0.6) is 0 Å². The average Bonchev–Trinajstić information content (AvgIpc) is 2.39. The lowest BCUT2D eigenvalue weighted by atomic mass is 9.94. The average molecular weight is 249 g/mol. The van der Waals surface area contributed by atoms with E-state index in [0.29, 0.717) is 13.0 Å². The van der Waals surface area contributed by atoms with E-state index in [-0.39, 0.29) is 11.4 Å². The monoisotopic (exact) mass is 249 g/mol. The van der Waals surface area contributed by atoms with Crippen LogP contribution in [-0.4, -0.2) is 23.0 Å². The van der Waals surface area contributed by atoms with Crippen LogP contribution in [0.15, 0.2) is 18.3 Å². The molecule has 100 valence electrons. The van der Waals surface area contributed by atoms with E-state index in [1.54, 1.807) is 6.20 Å². The molecule has 18 heavy (non-hydrogen) atoms. The van der Waals surface area contributed by atoms with Crippen LogP contribution in [-0.2, 0) is 11.2 Å². The molecule has 4 nitrogen and oxygen atoms in total. The Morgan fingerprint density at radius 2 is 2.06 bits per heavy atom. The Labute approximate surface area is 109 Å². The first-order valence-corrected chi connectivity index (χ1v) is 6.46.